The lowest BCUT2D eigenvalue weighted by molar-refractivity contribution is -0.179. The third-order valence-electron chi connectivity index (χ3n) is 8.77. The number of aldehydes is 1. The number of carbonyl (C=O) groups is 2. The number of aliphatic hydroxyl groups excluding tert-OH is 1. The Bertz CT molecular complexity index is 560. The number of Topliss-reactive ketones (excluding diaryl/α,β-unsaturated/α-hetero) is 1. The molecule has 0 amide bonds. The first-order valence-corrected chi connectivity index (χ1v) is 10.2. The van der Waals surface area contributed by atoms with Gasteiger partial charge in [0.1, 0.15) is 5.78 Å². The molecule has 25 heavy (non-hydrogen) atoms. The average molecular weight is 348 g/mol. The van der Waals surface area contributed by atoms with E-state index >= 15 is 0 Å². The van der Waals surface area contributed by atoms with Crippen LogP contribution in [0.25, 0.3) is 0 Å². The van der Waals surface area contributed by atoms with Gasteiger partial charge in [-0.2, -0.15) is 0 Å². The van der Waals surface area contributed by atoms with Crippen LogP contribution >= 0.6 is 0 Å². The first-order valence-electron chi connectivity index (χ1n) is 10.2. The summed E-state index contributed by atoms with van der Waals surface area (Å²) in [5, 5.41) is 9.49. The zero-order chi connectivity index (χ0) is 17.8. The highest BCUT2D eigenvalue weighted by Crippen LogP contribution is 2.65. The maximum Gasteiger partial charge on any atom is 0.212 e. The zero-order valence-electron chi connectivity index (χ0n) is 15.6. The average Bonchev–Trinajstić information content (AvgIpc) is 2.90. The second-order valence-electron chi connectivity index (χ2n) is 9.63. The molecule has 4 aliphatic rings. The minimum atomic E-state index is -1.27. The van der Waals surface area contributed by atoms with Gasteiger partial charge >= 0.3 is 0 Å². The molecular weight excluding hydrogens is 316 g/mol. The smallest absolute Gasteiger partial charge is 0.212 e. The number of carbonyl (C=O) groups excluding carboxylic acids is 2. The van der Waals surface area contributed by atoms with Crippen molar-refractivity contribution < 1.29 is 19.4 Å². The Labute approximate surface area is 150 Å². The van der Waals surface area contributed by atoms with Crippen molar-refractivity contribution >= 4 is 12.1 Å². The van der Waals surface area contributed by atoms with Gasteiger partial charge in [0.2, 0.25) is 6.29 Å². The second kappa shape index (κ2) is 6.16. The van der Waals surface area contributed by atoms with Crippen LogP contribution in [-0.2, 0) is 14.3 Å². The number of rotatable bonds is 3. The molecule has 4 rings (SSSR count). The van der Waals surface area contributed by atoms with E-state index in [-0.39, 0.29) is 11.5 Å². The Kier molecular flexibility index (Phi) is 4.35. The van der Waals surface area contributed by atoms with Crippen LogP contribution in [0, 0.1) is 34.5 Å². The fraction of sp³-hybridized carbons (Fsp3) is 0.905. The summed E-state index contributed by atoms with van der Waals surface area (Å²) >= 11 is 0. The monoisotopic (exact) mass is 348 g/mol. The van der Waals surface area contributed by atoms with Crippen LogP contribution in [0.4, 0.5) is 0 Å². The lowest BCUT2D eigenvalue weighted by Gasteiger charge is -2.60. The van der Waals surface area contributed by atoms with Crippen molar-refractivity contribution in [2.24, 2.45) is 34.5 Å². The quantitative estimate of drug-likeness (QED) is 0.626. The largest absolute Gasteiger partial charge is 0.362 e. The molecule has 0 bridgehead atoms. The Morgan fingerprint density at radius 3 is 2.68 bits per heavy atom. The van der Waals surface area contributed by atoms with Crippen LogP contribution in [0.2, 0.25) is 0 Å². The van der Waals surface area contributed by atoms with E-state index in [1.807, 2.05) is 0 Å². The molecule has 4 saturated carbocycles. The Balaban J connectivity index is 1.51. The molecule has 2 unspecified atom stereocenters. The number of ether oxygens (including phenoxy) is 1. The number of hydrogen-bond acceptors (Lipinski definition) is 4. The predicted molar refractivity (Wildman–Crippen MR) is 93.7 cm³/mol. The maximum absolute atomic E-state index is 12.5. The zero-order valence-corrected chi connectivity index (χ0v) is 15.6. The van der Waals surface area contributed by atoms with Crippen LogP contribution < -0.4 is 0 Å². The highest BCUT2D eigenvalue weighted by Gasteiger charge is 2.60. The normalized spacial score (nSPS) is 50.5. The van der Waals surface area contributed by atoms with E-state index in [4.69, 9.17) is 4.74 Å². The number of fused-ring (bicyclic) bond motifs is 5. The molecule has 0 aliphatic heterocycles. The minimum absolute atomic E-state index is 0.0109. The van der Waals surface area contributed by atoms with Gasteiger partial charge in [0.25, 0.3) is 0 Å². The molecule has 0 aromatic carbocycles. The molecule has 4 nitrogen and oxygen atoms in total. The molecule has 8 atom stereocenters. The highest BCUT2D eigenvalue weighted by atomic mass is 16.6. The Morgan fingerprint density at radius 1 is 1.12 bits per heavy atom. The predicted octanol–water partition coefficient (Wildman–Crippen LogP) is 3.50. The minimum Gasteiger partial charge on any atom is -0.362 e. The van der Waals surface area contributed by atoms with Gasteiger partial charge in [-0.25, -0.2) is 0 Å². The summed E-state index contributed by atoms with van der Waals surface area (Å²) < 4.78 is 5.51. The van der Waals surface area contributed by atoms with Gasteiger partial charge in [0.15, 0.2) is 6.29 Å². The molecule has 0 aromatic heterocycles. The number of aliphatic hydroxyl groups is 1. The molecule has 0 saturated heterocycles. The fourth-order valence-electron chi connectivity index (χ4n) is 7.34. The lowest BCUT2D eigenvalue weighted by atomic mass is 9.45. The van der Waals surface area contributed by atoms with Gasteiger partial charge in [0.05, 0.1) is 6.10 Å². The van der Waals surface area contributed by atoms with Crippen LogP contribution in [0.5, 0.6) is 0 Å². The van der Waals surface area contributed by atoms with E-state index in [2.05, 4.69) is 13.8 Å². The molecule has 4 aliphatic carbocycles. The fourth-order valence-corrected chi connectivity index (χ4v) is 7.34. The summed E-state index contributed by atoms with van der Waals surface area (Å²) in [7, 11) is 0. The lowest BCUT2D eigenvalue weighted by Crippen LogP contribution is -2.54. The van der Waals surface area contributed by atoms with Gasteiger partial charge < -0.3 is 9.84 Å². The van der Waals surface area contributed by atoms with Crippen molar-refractivity contribution in [1.29, 1.82) is 0 Å². The Hall–Kier alpha value is -0.740. The van der Waals surface area contributed by atoms with Crippen LogP contribution in [0.1, 0.15) is 71.6 Å². The topological polar surface area (TPSA) is 63.6 Å². The number of ketones is 1. The van der Waals surface area contributed by atoms with Crippen LogP contribution in [-0.4, -0.2) is 29.6 Å². The van der Waals surface area contributed by atoms with Gasteiger partial charge in [-0.1, -0.05) is 13.8 Å². The molecule has 0 heterocycles. The van der Waals surface area contributed by atoms with Crippen molar-refractivity contribution in [2.75, 3.05) is 0 Å². The van der Waals surface area contributed by atoms with Gasteiger partial charge in [-0.3, -0.25) is 9.59 Å². The molecule has 1 N–H and O–H groups in total. The van der Waals surface area contributed by atoms with E-state index in [0.717, 1.165) is 44.4 Å². The SMILES string of the molecule is C[C@]12CC[C@H](OC(O)C=O)CC1CC[C@@H]1[C@@H]2CC[C@]2(C)C(=O)CC[C@@H]12. The first kappa shape index (κ1) is 17.7. The van der Waals surface area contributed by atoms with E-state index in [0.29, 0.717) is 35.2 Å². The summed E-state index contributed by atoms with van der Waals surface area (Å²) in [4.78, 5) is 23.1. The summed E-state index contributed by atoms with van der Waals surface area (Å²) in [6, 6.07) is 0. The van der Waals surface area contributed by atoms with Crippen molar-refractivity contribution in [3.05, 3.63) is 0 Å². The van der Waals surface area contributed by atoms with Crippen molar-refractivity contribution in [1.82, 2.24) is 0 Å². The van der Waals surface area contributed by atoms with Gasteiger partial charge in [-0.15, -0.1) is 0 Å². The number of hydrogen-bond donors (Lipinski definition) is 1. The molecular formula is C21H32O4. The third-order valence-corrected chi connectivity index (χ3v) is 8.77. The van der Waals surface area contributed by atoms with Crippen molar-refractivity contribution in [3.63, 3.8) is 0 Å². The summed E-state index contributed by atoms with van der Waals surface area (Å²) in [5.74, 6) is 3.18. The summed E-state index contributed by atoms with van der Waals surface area (Å²) in [6.07, 6.45) is 8.84. The molecule has 140 valence electrons. The highest BCUT2D eigenvalue weighted by molar-refractivity contribution is 5.87. The summed E-state index contributed by atoms with van der Waals surface area (Å²) in [5.41, 5.74) is 0.292. The maximum atomic E-state index is 12.5. The van der Waals surface area contributed by atoms with Crippen molar-refractivity contribution in [2.45, 2.75) is 84.0 Å². The van der Waals surface area contributed by atoms with E-state index in [9.17, 15) is 14.7 Å². The van der Waals surface area contributed by atoms with Crippen molar-refractivity contribution in [3.8, 4) is 0 Å². The first-order chi connectivity index (χ1) is 11.9. The molecule has 0 aromatic rings. The molecule has 4 heteroatoms. The standard InChI is InChI=1S/C21H32O4/c1-20-9-7-14(25-19(24)12-22)11-13(20)3-4-15-16-5-6-18(23)21(16,2)10-8-17(15)20/h12-17,19,24H,3-11H2,1-2H3/t13?,14-,15-,16-,17-,19?,20-,21-/m0/s1. The molecule has 0 spiro atoms. The van der Waals surface area contributed by atoms with Gasteiger partial charge in [0, 0.05) is 11.8 Å². The third kappa shape index (κ3) is 2.63. The van der Waals surface area contributed by atoms with E-state index in [1.165, 1.54) is 19.3 Å². The molecule has 0 radical (unpaired) electrons. The second-order valence-corrected chi connectivity index (χ2v) is 9.63. The Morgan fingerprint density at radius 2 is 1.92 bits per heavy atom. The molecule has 4 fully saturated rings. The van der Waals surface area contributed by atoms with Gasteiger partial charge in [-0.05, 0) is 80.5 Å². The van der Waals surface area contributed by atoms with Crippen LogP contribution in [0.15, 0.2) is 0 Å². The van der Waals surface area contributed by atoms with Crippen LogP contribution in [0.3, 0.4) is 0 Å². The van der Waals surface area contributed by atoms with E-state index < -0.39 is 6.29 Å². The van der Waals surface area contributed by atoms with E-state index in [1.54, 1.807) is 0 Å². The summed E-state index contributed by atoms with van der Waals surface area (Å²) in [6.45, 7) is 4.71.